The number of carbonyl (C=O) groups excluding carboxylic acids is 1. The molecule has 0 aliphatic rings. The van der Waals surface area contributed by atoms with Gasteiger partial charge in [-0.3, -0.25) is 9.48 Å². The van der Waals surface area contributed by atoms with Crippen LogP contribution in [-0.4, -0.2) is 15.6 Å². The van der Waals surface area contributed by atoms with E-state index in [0.29, 0.717) is 12.5 Å². The third-order valence-corrected chi connectivity index (χ3v) is 3.73. The summed E-state index contributed by atoms with van der Waals surface area (Å²) in [6.07, 6.45) is 3.36. The summed E-state index contributed by atoms with van der Waals surface area (Å²) in [5.74, 6) is 0.136. The highest BCUT2D eigenvalue weighted by atomic mass is 16.1. The van der Waals surface area contributed by atoms with Crippen LogP contribution >= 0.6 is 0 Å². The molecule has 1 aromatic carbocycles. The van der Waals surface area contributed by atoms with Gasteiger partial charge in [0.1, 0.15) is 0 Å². The Morgan fingerprint density at radius 2 is 2.05 bits per heavy atom. The minimum Gasteiger partial charge on any atom is -0.294 e. The zero-order valence-electron chi connectivity index (χ0n) is 12.7. The van der Waals surface area contributed by atoms with Gasteiger partial charge >= 0.3 is 0 Å². The molecule has 0 aliphatic carbocycles. The lowest BCUT2D eigenvalue weighted by molar-refractivity contribution is 0.0991. The number of rotatable bonds is 5. The fourth-order valence-corrected chi connectivity index (χ4v) is 2.29. The van der Waals surface area contributed by atoms with E-state index < -0.39 is 0 Å². The van der Waals surface area contributed by atoms with Gasteiger partial charge in [-0.2, -0.15) is 5.10 Å². The van der Waals surface area contributed by atoms with Crippen LogP contribution in [0, 0.1) is 13.8 Å². The van der Waals surface area contributed by atoms with Crippen LogP contribution in [0.15, 0.2) is 30.5 Å². The van der Waals surface area contributed by atoms with E-state index >= 15 is 0 Å². The molecule has 0 fully saturated rings. The molecule has 0 saturated heterocycles. The lowest BCUT2D eigenvalue weighted by Crippen LogP contribution is -2.09. The maximum atomic E-state index is 12.3. The van der Waals surface area contributed by atoms with E-state index in [9.17, 15) is 4.79 Å². The number of carbonyl (C=O) groups is 1. The molecule has 1 atom stereocenters. The van der Waals surface area contributed by atoms with Crippen molar-refractivity contribution >= 4 is 5.78 Å². The first kappa shape index (κ1) is 14.5. The number of benzene rings is 1. The highest BCUT2D eigenvalue weighted by Crippen LogP contribution is 2.15. The Balaban J connectivity index is 2.13. The summed E-state index contributed by atoms with van der Waals surface area (Å²) in [7, 11) is 0. The van der Waals surface area contributed by atoms with Gasteiger partial charge in [-0.15, -0.1) is 0 Å². The third-order valence-electron chi connectivity index (χ3n) is 3.73. The van der Waals surface area contributed by atoms with Crippen LogP contribution in [0.25, 0.3) is 0 Å². The van der Waals surface area contributed by atoms with Crippen molar-refractivity contribution < 1.29 is 4.79 Å². The van der Waals surface area contributed by atoms with E-state index in [1.54, 1.807) is 0 Å². The lowest BCUT2D eigenvalue weighted by atomic mass is 10.00. The van der Waals surface area contributed by atoms with Gasteiger partial charge in [-0.25, -0.2) is 0 Å². The molecule has 106 valence electrons. The molecular formula is C17H22N2O. The lowest BCUT2D eigenvalue weighted by Gasteiger charge is -2.08. The van der Waals surface area contributed by atoms with E-state index in [0.717, 1.165) is 23.2 Å². The van der Waals surface area contributed by atoms with E-state index in [1.807, 2.05) is 49.0 Å². The number of nitrogens with zero attached hydrogens (tertiary/aromatic N) is 2. The Morgan fingerprint density at radius 3 is 2.70 bits per heavy atom. The van der Waals surface area contributed by atoms with Crippen LogP contribution in [0.3, 0.4) is 0 Å². The normalized spacial score (nSPS) is 12.4. The monoisotopic (exact) mass is 270 g/mol. The first-order valence-electron chi connectivity index (χ1n) is 7.15. The van der Waals surface area contributed by atoms with Crippen LogP contribution in [0.5, 0.6) is 0 Å². The summed E-state index contributed by atoms with van der Waals surface area (Å²) >= 11 is 0. The molecule has 2 aromatic rings. The molecule has 0 bridgehead atoms. The average molecular weight is 270 g/mol. The van der Waals surface area contributed by atoms with Gasteiger partial charge in [0, 0.05) is 17.8 Å². The van der Waals surface area contributed by atoms with Crippen molar-refractivity contribution in [3.8, 4) is 0 Å². The largest absolute Gasteiger partial charge is 0.294 e. The van der Waals surface area contributed by atoms with E-state index in [2.05, 4.69) is 18.9 Å². The van der Waals surface area contributed by atoms with Gasteiger partial charge in [0.05, 0.1) is 12.1 Å². The van der Waals surface area contributed by atoms with Gasteiger partial charge < -0.3 is 0 Å². The van der Waals surface area contributed by atoms with E-state index in [4.69, 9.17) is 0 Å². The van der Waals surface area contributed by atoms with Crippen molar-refractivity contribution in [3.05, 3.63) is 52.8 Å². The van der Waals surface area contributed by atoms with Gasteiger partial charge in [-0.1, -0.05) is 30.7 Å². The average Bonchev–Trinajstić information content (AvgIpc) is 2.86. The minimum atomic E-state index is 0.136. The Labute approximate surface area is 120 Å². The van der Waals surface area contributed by atoms with Crippen LogP contribution in [0.4, 0.5) is 0 Å². The second kappa shape index (κ2) is 6.04. The fraction of sp³-hybridized carbons (Fsp3) is 0.412. The van der Waals surface area contributed by atoms with Gasteiger partial charge in [0.2, 0.25) is 0 Å². The van der Waals surface area contributed by atoms with Crippen LogP contribution in [0.2, 0.25) is 0 Å². The zero-order valence-corrected chi connectivity index (χ0v) is 12.7. The molecule has 1 aromatic heterocycles. The molecule has 1 unspecified atom stereocenters. The van der Waals surface area contributed by atoms with Gasteiger partial charge in [0.25, 0.3) is 0 Å². The zero-order chi connectivity index (χ0) is 14.7. The SMILES string of the molecule is CCC(C)n1ccc(CC(=O)c2ccc(C)cc2C)n1. The summed E-state index contributed by atoms with van der Waals surface area (Å²) in [5, 5.41) is 4.49. The van der Waals surface area contributed by atoms with Crippen molar-refractivity contribution in [2.45, 2.75) is 46.6 Å². The molecule has 0 aliphatic heterocycles. The van der Waals surface area contributed by atoms with Crippen molar-refractivity contribution in [3.63, 3.8) is 0 Å². The van der Waals surface area contributed by atoms with Crippen LogP contribution in [-0.2, 0) is 6.42 Å². The summed E-state index contributed by atoms with van der Waals surface area (Å²) in [6, 6.07) is 8.26. The number of aromatic nitrogens is 2. The van der Waals surface area contributed by atoms with Crippen molar-refractivity contribution in [1.82, 2.24) is 9.78 Å². The Morgan fingerprint density at radius 1 is 1.30 bits per heavy atom. The topological polar surface area (TPSA) is 34.9 Å². The fourth-order valence-electron chi connectivity index (χ4n) is 2.29. The van der Waals surface area contributed by atoms with Gasteiger partial charge in [-0.05, 0) is 38.8 Å². The molecule has 0 N–H and O–H groups in total. The molecule has 0 radical (unpaired) electrons. The Hall–Kier alpha value is -1.90. The molecule has 0 amide bonds. The summed E-state index contributed by atoms with van der Waals surface area (Å²) in [6.45, 7) is 8.28. The quantitative estimate of drug-likeness (QED) is 0.772. The number of Topliss-reactive ketones (excluding diaryl/α,β-unsaturated/α-hetero) is 1. The van der Waals surface area contributed by atoms with E-state index in [1.165, 1.54) is 5.56 Å². The Bertz CT molecular complexity index is 613. The van der Waals surface area contributed by atoms with Crippen molar-refractivity contribution in [1.29, 1.82) is 0 Å². The molecule has 1 heterocycles. The highest BCUT2D eigenvalue weighted by Gasteiger charge is 2.12. The number of hydrogen-bond donors (Lipinski definition) is 0. The second-order valence-corrected chi connectivity index (χ2v) is 5.46. The predicted molar refractivity (Wildman–Crippen MR) is 81.2 cm³/mol. The summed E-state index contributed by atoms with van der Waals surface area (Å²) in [4.78, 5) is 12.3. The summed E-state index contributed by atoms with van der Waals surface area (Å²) < 4.78 is 1.94. The third kappa shape index (κ3) is 3.16. The van der Waals surface area contributed by atoms with E-state index in [-0.39, 0.29) is 5.78 Å². The Kier molecular flexibility index (Phi) is 4.38. The van der Waals surface area contributed by atoms with Crippen LogP contribution < -0.4 is 0 Å². The van der Waals surface area contributed by atoms with Crippen molar-refractivity contribution in [2.75, 3.05) is 0 Å². The predicted octanol–water partition coefficient (Wildman–Crippen LogP) is 3.90. The molecule has 2 rings (SSSR count). The molecular weight excluding hydrogens is 248 g/mol. The highest BCUT2D eigenvalue weighted by molar-refractivity contribution is 5.98. The van der Waals surface area contributed by atoms with Crippen LogP contribution in [0.1, 0.15) is 53.5 Å². The number of aryl methyl sites for hydroxylation is 2. The molecule has 0 saturated carbocycles. The molecule has 20 heavy (non-hydrogen) atoms. The van der Waals surface area contributed by atoms with Gasteiger partial charge in [0.15, 0.2) is 5.78 Å². The first-order valence-corrected chi connectivity index (χ1v) is 7.15. The maximum Gasteiger partial charge on any atom is 0.169 e. The molecule has 0 spiro atoms. The molecule has 3 nitrogen and oxygen atoms in total. The first-order chi connectivity index (χ1) is 9.51. The standard InChI is InChI=1S/C17H22N2O/c1-5-14(4)19-9-8-15(18-19)11-17(20)16-7-6-12(2)10-13(16)3/h6-10,14H,5,11H2,1-4H3. The summed E-state index contributed by atoms with van der Waals surface area (Å²) in [5.41, 5.74) is 3.86. The smallest absolute Gasteiger partial charge is 0.169 e. The number of ketones is 1. The minimum absolute atomic E-state index is 0.136. The second-order valence-electron chi connectivity index (χ2n) is 5.46. The molecule has 3 heteroatoms. The maximum absolute atomic E-state index is 12.3. The number of hydrogen-bond acceptors (Lipinski definition) is 2. The van der Waals surface area contributed by atoms with Crippen molar-refractivity contribution in [2.24, 2.45) is 0 Å².